The van der Waals surface area contributed by atoms with E-state index in [9.17, 15) is 0 Å². The molecule has 3 saturated heterocycles. The Morgan fingerprint density at radius 2 is 0.571 bits per heavy atom. The molecule has 0 aromatic heterocycles. The molecule has 8 bridgehead atoms. The van der Waals surface area contributed by atoms with E-state index in [1.165, 1.54) is 22.3 Å². The van der Waals surface area contributed by atoms with E-state index < -0.39 is 0 Å². The summed E-state index contributed by atoms with van der Waals surface area (Å²) in [5.74, 6) is 1.14. The second kappa shape index (κ2) is 14.5. The van der Waals surface area contributed by atoms with Gasteiger partial charge in [0.15, 0.2) is 0 Å². The van der Waals surface area contributed by atoms with Crippen LogP contribution in [-0.4, -0.2) is 48.3 Å². The summed E-state index contributed by atoms with van der Waals surface area (Å²) >= 11 is 0. The number of benzene rings is 4. The third-order valence-corrected chi connectivity index (χ3v) is 12.0. The molecule has 0 saturated carbocycles. The van der Waals surface area contributed by atoms with Gasteiger partial charge in [-0.15, -0.1) is 24.2 Å². The van der Waals surface area contributed by atoms with Crippen molar-refractivity contribution < 1.29 is 17.1 Å². The molecule has 5 aliphatic rings. The summed E-state index contributed by atoms with van der Waals surface area (Å²) in [6.45, 7) is 0. The first-order valence-corrected chi connectivity index (χ1v) is 18.3. The summed E-state index contributed by atoms with van der Waals surface area (Å²) in [6.07, 6.45) is 14.3. The predicted octanol–water partition coefficient (Wildman–Crippen LogP) is 8.74. The Morgan fingerprint density at radius 3 is 0.796 bits per heavy atom. The van der Waals surface area contributed by atoms with E-state index in [2.05, 4.69) is 156 Å². The number of rotatable bonds is 4. The van der Waals surface area contributed by atoms with Crippen LogP contribution in [0.3, 0.4) is 0 Å². The fourth-order valence-corrected chi connectivity index (χ4v) is 9.98. The molecular formula is C44H46FeN4. The monoisotopic (exact) mass is 686 g/mol. The Bertz CT molecular complexity index is 1460. The first kappa shape index (κ1) is 32.9. The van der Waals surface area contributed by atoms with Gasteiger partial charge >= 0.3 is 17.1 Å². The Labute approximate surface area is 302 Å². The van der Waals surface area contributed by atoms with Crippen molar-refractivity contribution in [3.63, 3.8) is 0 Å². The maximum atomic E-state index is 5.80. The summed E-state index contributed by atoms with van der Waals surface area (Å²) in [5.41, 5.74) is 5.55. The Morgan fingerprint density at radius 1 is 0.347 bits per heavy atom. The number of nitrogens with zero attached hydrogens (tertiary/aromatic N) is 2. The van der Waals surface area contributed by atoms with Crippen molar-refractivity contribution in [1.29, 1.82) is 0 Å². The van der Waals surface area contributed by atoms with Crippen molar-refractivity contribution in [3.05, 3.63) is 179 Å². The molecular weight excluding hydrogens is 640 g/mol. The van der Waals surface area contributed by atoms with E-state index in [0.717, 1.165) is 25.7 Å². The topological polar surface area (TPSA) is 52.3 Å². The minimum atomic E-state index is 0. The number of fused-ring (bicyclic) bond motifs is 8. The standard InChI is InChI=1S/C44H46N4.Fe/c1-5-13-29(14-6-1)41-33-21-23-35(45-33)42(30-15-7-2-8-16-30)37-25-27-39(47-37)44(32-19-11-4-12-20-32)40-28-26-38(48-40)43(31-17-9-3-10-18-31)36-24-22-34(41)46-36;/h1-21,23,26,28,33-45,48H,22,24-25,27H2;/q-2;+2. The molecule has 0 amide bonds. The third-order valence-electron chi connectivity index (χ3n) is 12.0. The summed E-state index contributed by atoms with van der Waals surface area (Å²) < 4.78 is 0. The summed E-state index contributed by atoms with van der Waals surface area (Å²) in [4.78, 5) is 0. The van der Waals surface area contributed by atoms with Crippen LogP contribution in [-0.2, 0) is 17.1 Å². The number of nitrogens with one attached hydrogen (secondary N) is 2. The van der Waals surface area contributed by atoms with Crippen molar-refractivity contribution >= 4 is 0 Å². The van der Waals surface area contributed by atoms with E-state index in [1.807, 2.05) is 0 Å². The molecule has 9 rings (SSSR count). The normalized spacial score (nSPS) is 36.4. The molecule has 3 fully saturated rings. The minimum absolute atomic E-state index is 0. The maximum Gasteiger partial charge on any atom is 2.00 e. The Hall–Kier alpha value is -3.28. The average Bonchev–Trinajstić information content (AvgIpc) is 3.98. The molecule has 5 aliphatic heterocycles. The van der Waals surface area contributed by atoms with Gasteiger partial charge < -0.3 is 21.3 Å². The van der Waals surface area contributed by atoms with Crippen LogP contribution in [0.4, 0.5) is 0 Å². The first-order chi connectivity index (χ1) is 23.8. The van der Waals surface area contributed by atoms with Gasteiger partial charge in [0, 0.05) is 24.2 Å². The smallest absolute Gasteiger partial charge is 0.656 e. The molecule has 0 aliphatic carbocycles. The van der Waals surface area contributed by atoms with E-state index in [0.29, 0.717) is 0 Å². The van der Waals surface area contributed by atoms with Crippen molar-refractivity contribution in [2.75, 3.05) is 0 Å². The molecule has 49 heavy (non-hydrogen) atoms. The molecule has 4 aromatic rings. The van der Waals surface area contributed by atoms with Crippen LogP contribution in [0.25, 0.3) is 10.6 Å². The average molecular weight is 687 g/mol. The van der Waals surface area contributed by atoms with E-state index in [-0.39, 0.29) is 89.1 Å². The first-order valence-electron chi connectivity index (χ1n) is 18.3. The van der Waals surface area contributed by atoms with Crippen molar-refractivity contribution in [3.8, 4) is 0 Å². The molecule has 5 heterocycles. The molecule has 2 N–H and O–H groups in total. The zero-order valence-electron chi connectivity index (χ0n) is 27.9. The van der Waals surface area contributed by atoms with Crippen molar-refractivity contribution in [2.45, 2.75) is 97.7 Å². The van der Waals surface area contributed by atoms with Crippen LogP contribution in [0.2, 0.25) is 0 Å². The van der Waals surface area contributed by atoms with Gasteiger partial charge in [0.05, 0.1) is 0 Å². The molecule has 250 valence electrons. The zero-order chi connectivity index (χ0) is 31.9. The molecule has 4 nitrogen and oxygen atoms in total. The van der Waals surface area contributed by atoms with E-state index >= 15 is 0 Å². The van der Waals surface area contributed by atoms with Gasteiger partial charge in [-0.2, -0.15) is 0 Å². The predicted molar refractivity (Wildman–Crippen MR) is 197 cm³/mol. The van der Waals surface area contributed by atoms with Crippen molar-refractivity contribution in [1.82, 2.24) is 10.6 Å². The summed E-state index contributed by atoms with van der Waals surface area (Å²) in [5, 5.41) is 20.0. The largest absolute Gasteiger partial charge is 2.00 e. The van der Waals surface area contributed by atoms with Crippen molar-refractivity contribution in [2.24, 2.45) is 0 Å². The molecule has 12 unspecified atom stereocenters. The second-order valence-electron chi connectivity index (χ2n) is 14.7. The minimum Gasteiger partial charge on any atom is -0.656 e. The Balaban J connectivity index is 0.00000348. The van der Waals surface area contributed by atoms with Gasteiger partial charge in [-0.25, -0.2) is 0 Å². The SMILES string of the molecule is C1=CC2NC1C(c1ccccc1)C1CCC([N-]1)C(c1ccccc1)C1C=CC(N1)C(c1ccccc1)C1CCC([N-]1)C2c1ccccc1.[Fe+2]. The maximum absolute atomic E-state index is 5.80. The quantitative estimate of drug-likeness (QED) is 0.167. The number of hydrogen-bond donors (Lipinski definition) is 2. The molecule has 0 radical (unpaired) electrons. The van der Waals surface area contributed by atoms with Gasteiger partial charge in [0.2, 0.25) is 0 Å². The molecule has 4 aromatic carbocycles. The molecule has 5 heteroatoms. The van der Waals surface area contributed by atoms with Crippen LogP contribution in [0, 0.1) is 0 Å². The van der Waals surface area contributed by atoms with Crippen LogP contribution in [0.1, 0.15) is 71.6 Å². The third kappa shape index (κ3) is 6.42. The van der Waals surface area contributed by atoms with Gasteiger partial charge in [0.25, 0.3) is 0 Å². The van der Waals surface area contributed by atoms with Crippen LogP contribution >= 0.6 is 0 Å². The fraction of sp³-hybridized carbons (Fsp3) is 0.364. The molecule has 0 spiro atoms. The van der Waals surface area contributed by atoms with Gasteiger partial charge in [0.1, 0.15) is 0 Å². The van der Waals surface area contributed by atoms with E-state index in [1.54, 1.807) is 0 Å². The van der Waals surface area contributed by atoms with Crippen LogP contribution in [0.5, 0.6) is 0 Å². The van der Waals surface area contributed by atoms with Crippen LogP contribution < -0.4 is 10.6 Å². The molecule has 12 atom stereocenters. The fourth-order valence-electron chi connectivity index (χ4n) is 9.98. The van der Waals surface area contributed by atoms with Crippen LogP contribution in [0.15, 0.2) is 146 Å². The Kier molecular flexibility index (Phi) is 9.75. The van der Waals surface area contributed by atoms with Gasteiger partial charge in [-0.1, -0.05) is 171 Å². The van der Waals surface area contributed by atoms with Gasteiger partial charge in [-0.3, -0.25) is 0 Å². The summed E-state index contributed by atoms with van der Waals surface area (Å²) in [7, 11) is 0. The van der Waals surface area contributed by atoms with Gasteiger partial charge in [-0.05, 0) is 45.9 Å². The van der Waals surface area contributed by atoms with E-state index in [4.69, 9.17) is 10.6 Å². The second-order valence-corrected chi connectivity index (χ2v) is 14.7. The summed E-state index contributed by atoms with van der Waals surface area (Å²) in [6, 6.07) is 46.7. The number of hydrogen-bond acceptors (Lipinski definition) is 2. The zero-order valence-corrected chi connectivity index (χ0v) is 29.0.